The molecule has 0 radical (unpaired) electrons. The largest absolute Gasteiger partial charge is 0.399 e. The second-order valence-corrected chi connectivity index (χ2v) is 7.24. The van der Waals surface area contributed by atoms with Crippen molar-refractivity contribution in [3.05, 3.63) is 66.2 Å². The van der Waals surface area contributed by atoms with Gasteiger partial charge in [-0.25, -0.2) is 4.68 Å². The van der Waals surface area contributed by atoms with Crippen molar-refractivity contribution in [1.29, 1.82) is 5.26 Å². The van der Waals surface area contributed by atoms with Gasteiger partial charge < -0.3 is 15.5 Å². The summed E-state index contributed by atoms with van der Waals surface area (Å²) in [5.41, 5.74) is 10.3. The molecule has 4 rings (SSSR count). The minimum Gasteiger partial charge on any atom is -0.399 e. The van der Waals surface area contributed by atoms with Crippen LogP contribution in [0.1, 0.15) is 11.1 Å². The van der Waals surface area contributed by atoms with Crippen LogP contribution in [0.2, 0.25) is 0 Å². The Hall–Kier alpha value is -3.57. The lowest BCUT2D eigenvalue weighted by Gasteiger charge is -2.35. The fourth-order valence-electron chi connectivity index (χ4n) is 3.51. The van der Waals surface area contributed by atoms with E-state index in [1.807, 2.05) is 41.1 Å². The van der Waals surface area contributed by atoms with E-state index >= 15 is 0 Å². The Morgan fingerprint density at radius 3 is 2.38 bits per heavy atom. The molecule has 0 saturated carbocycles. The highest BCUT2D eigenvalue weighted by atomic mass is 15.6. The molecule has 1 fully saturated rings. The van der Waals surface area contributed by atoms with Gasteiger partial charge in [0.15, 0.2) is 0 Å². The van der Waals surface area contributed by atoms with Crippen molar-refractivity contribution in [3.8, 4) is 6.07 Å². The molecule has 8 nitrogen and oxygen atoms in total. The van der Waals surface area contributed by atoms with E-state index in [0.717, 1.165) is 48.8 Å². The SMILES string of the molecule is CN1CCN(c2cc(N(Cc3ccc(N)cc3)n3cnnc3)ccc2C#N)CC1. The Bertz CT molecular complexity index is 983. The lowest BCUT2D eigenvalue weighted by Crippen LogP contribution is -2.44. The first-order chi connectivity index (χ1) is 14.1. The van der Waals surface area contributed by atoms with E-state index in [1.165, 1.54) is 0 Å². The molecule has 8 heteroatoms. The van der Waals surface area contributed by atoms with E-state index in [0.29, 0.717) is 12.1 Å². The fraction of sp³-hybridized carbons (Fsp3) is 0.286. The maximum absolute atomic E-state index is 9.64. The molecular weight excluding hydrogens is 364 g/mol. The van der Waals surface area contributed by atoms with Crippen molar-refractivity contribution in [2.75, 3.05) is 48.9 Å². The molecule has 1 saturated heterocycles. The molecular formula is C21H24N8. The number of likely N-dealkylation sites (N-methyl/N-ethyl adjacent to an activating group) is 1. The van der Waals surface area contributed by atoms with Crippen molar-refractivity contribution in [3.63, 3.8) is 0 Å². The molecule has 3 aromatic rings. The van der Waals surface area contributed by atoms with Gasteiger partial charge >= 0.3 is 0 Å². The monoisotopic (exact) mass is 388 g/mol. The van der Waals surface area contributed by atoms with Gasteiger partial charge in [-0.2, -0.15) is 5.26 Å². The highest BCUT2D eigenvalue weighted by molar-refractivity contribution is 5.67. The Morgan fingerprint density at radius 1 is 1.03 bits per heavy atom. The van der Waals surface area contributed by atoms with Gasteiger partial charge in [-0.1, -0.05) is 12.1 Å². The molecule has 0 atom stereocenters. The van der Waals surface area contributed by atoms with E-state index in [9.17, 15) is 5.26 Å². The van der Waals surface area contributed by atoms with Gasteiger partial charge in [0.2, 0.25) is 0 Å². The Morgan fingerprint density at radius 2 is 1.72 bits per heavy atom. The van der Waals surface area contributed by atoms with E-state index < -0.39 is 0 Å². The van der Waals surface area contributed by atoms with E-state index in [1.54, 1.807) is 12.7 Å². The normalized spacial score (nSPS) is 14.6. The maximum Gasteiger partial charge on any atom is 0.139 e. The van der Waals surface area contributed by atoms with Crippen LogP contribution >= 0.6 is 0 Å². The van der Waals surface area contributed by atoms with Gasteiger partial charge in [0.1, 0.15) is 18.7 Å². The highest BCUT2D eigenvalue weighted by Crippen LogP contribution is 2.29. The molecule has 2 heterocycles. The van der Waals surface area contributed by atoms with Crippen molar-refractivity contribution in [1.82, 2.24) is 19.8 Å². The third kappa shape index (κ3) is 4.15. The number of hydrogen-bond donors (Lipinski definition) is 1. The molecule has 1 aliphatic rings. The minimum atomic E-state index is 0.617. The number of nitrogens with zero attached hydrogens (tertiary/aromatic N) is 7. The number of nitrogen functional groups attached to an aromatic ring is 1. The van der Waals surface area contributed by atoms with Crippen LogP contribution in [-0.2, 0) is 6.54 Å². The van der Waals surface area contributed by atoms with Gasteiger partial charge in [0.05, 0.1) is 23.5 Å². The van der Waals surface area contributed by atoms with E-state index in [4.69, 9.17) is 5.73 Å². The minimum absolute atomic E-state index is 0.617. The molecule has 0 bridgehead atoms. The van der Waals surface area contributed by atoms with Gasteiger partial charge in [0, 0.05) is 31.9 Å². The molecule has 2 aromatic carbocycles. The molecule has 1 aliphatic heterocycles. The fourth-order valence-corrected chi connectivity index (χ4v) is 3.51. The summed E-state index contributed by atoms with van der Waals surface area (Å²) >= 11 is 0. The predicted octanol–water partition coefficient (Wildman–Crippen LogP) is 1.95. The van der Waals surface area contributed by atoms with Gasteiger partial charge in [-0.05, 0) is 42.9 Å². The zero-order valence-corrected chi connectivity index (χ0v) is 16.4. The summed E-state index contributed by atoms with van der Waals surface area (Å²) in [6.07, 6.45) is 3.34. The molecule has 2 N–H and O–H groups in total. The summed E-state index contributed by atoms with van der Waals surface area (Å²) in [5.74, 6) is 0. The highest BCUT2D eigenvalue weighted by Gasteiger charge is 2.19. The molecule has 0 unspecified atom stereocenters. The first-order valence-corrected chi connectivity index (χ1v) is 9.58. The lowest BCUT2D eigenvalue weighted by atomic mass is 10.1. The number of nitriles is 1. The van der Waals surface area contributed by atoms with Crippen LogP contribution in [0.4, 0.5) is 17.1 Å². The summed E-state index contributed by atoms with van der Waals surface area (Å²) < 4.78 is 1.85. The van der Waals surface area contributed by atoms with Gasteiger partial charge in [0.25, 0.3) is 0 Å². The third-order valence-corrected chi connectivity index (χ3v) is 5.24. The predicted molar refractivity (Wildman–Crippen MR) is 113 cm³/mol. The summed E-state index contributed by atoms with van der Waals surface area (Å²) in [7, 11) is 2.12. The number of benzene rings is 2. The van der Waals surface area contributed by atoms with Crippen molar-refractivity contribution in [2.24, 2.45) is 0 Å². The Balaban J connectivity index is 1.69. The number of rotatable bonds is 5. The first-order valence-electron chi connectivity index (χ1n) is 9.58. The van der Waals surface area contributed by atoms with Crippen LogP contribution in [0.25, 0.3) is 0 Å². The first kappa shape index (κ1) is 18.8. The molecule has 148 valence electrons. The Labute approximate surface area is 170 Å². The molecule has 1 aromatic heterocycles. The Kier molecular flexibility index (Phi) is 5.31. The number of hydrogen-bond acceptors (Lipinski definition) is 7. The number of piperazine rings is 1. The lowest BCUT2D eigenvalue weighted by molar-refractivity contribution is 0.313. The van der Waals surface area contributed by atoms with Crippen LogP contribution in [0.3, 0.4) is 0 Å². The van der Waals surface area contributed by atoms with Crippen molar-refractivity contribution >= 4 is 17.1 Å². The quantitative estimate of drug-likeness (QED) is 0.668. The zero-order valence-electron chi connectivity index (χ0n) is 16.4. The van der Waals surface area contributed by atoms with Crippen LogP contribution < -0.4 is 15.6 Å². The summed E-state index contributed by atoms with van der Waals surface area (Å²) in [5, 5.41) is 19.6. The van der Waals surface area contributed by atoms with Crippen LogP contribution in [-0.4, -0.2) is 53.0 Å². The second-order valence-electron chi connectivity index (χ2n) is 7.24. The van der Waals surface area contributed by atoms with Crippen molar-refractivity contribution < 1.29 is 0 Å². The molecule has 0 spiro atoms. The van der Waals surface area contributed by atoms with Crippen molar-refractivity contribution in [2.45, 2.75) is 6.54 Å². The smallest absolute Gasteiger partial charge is 0.139 e. The molecule has 0 aliphatic carbocycles. The number of anilines is 3. The topological polar surface area (TPSA) is 90.2 Å². The second kappa shape index (κ2) is 8.20. The summed E-state index contributed by atoms with van der Waals surface area (Å²) in [6, 6.07) is 16.1. The standard InChI is InChI=1S/C21H24N8/c1-26-8-10-27(11-9-26)21-12-20(7-4-18(21)13-22)29(28-15-24-25-16-28)14-17-2-5-19(23)6-3-17/h2-7,12,15-16H,8-11,14,23H2,1H3. The van der Waals surface area contributed by atoms with Gasteiger partial charge in [-0.3, -0.25) is 5.01 Å². The van der Waals surface area contributed by atoms with Crippen LogP contribution in [0.15, 0.2) is 55.1 Å². The average Bonchev–Trinajstić information content (AvgIpc) is 3.28. The van der Waals surface area contributed by atoms with E-state index in [2.05, 4.69) is 44.2 Å². The van der Waals surface area contributed by atoms with Gasteiger partial charge in [-0.15, -0.1) is 10.2 Å². The molecule has 0 amide bonds. The summed E-state index contributed by atoms with van der Waals surface area (Å²) in [4.78, 5) is 4.59. The molecule has 29 heavy (non-hydrogen) atoms. The number of aromatic nitrogens is 3. The number of nitrogens with two attached hydrogens (primary N) is 1. The average molecular weight is 388 g/mol. The summed E-state index contributed by atoms with van der Waals surface area (Å²) in [6.45, 7) is 4.39. The third-order valence-electron chi connectivity index (χ3n) is 5.24. The van der Waals surface area contributed by atoms with Crippen LogP contribution in [0, 0.1) is 11.3 Å². The van der Waals surface area contributed by atoms with E-state index in [-0.39, 0.29) is 0 Å². The maximum atomic E-state index is 9.64. The van der Waals surface area contributed by atoms with Crippen LogP contribution in [0.5, 0.6) is 0 Å². The zero-order chi connectivity index (χ0) is 20.2.